The van der Waals surface area contributed by atoms with Gasteiger partial charge in [-0.3, -0.25) is 0 Å². The molecule has 0 saturated heterocycles. The van der Waals surface area contributed by atoms with E-state index in [4.69, 9.17) is 0 Å². The Hall–Kier alpha value is -3.23. The van der Waals surface area contributed by atoms with Crippen LogP contribution in [-0.4, -0.2) is 4.98 Å². The zero-order valence-electron chi connectivity index (χ0n) is 14.6. The summed E-state index contributed by atoms with van der Waals surface area (Å²) in [4.78, 5) is 4.61. The van der Waals surface area contributed by atoms with Gasteiger partial charge in [-0.25, -0.2) is 4.98 Å². The van der Waals surface area contributed by atoms with E-state index in [-0.39, 0.29) is 0 Å². The molecule has 0 aliphatic heterocycles. The summed E-state index contributed by atoms with van der Waals surface area (Å²) in [7, 11) is 0. The van der Waals surface area contributed by atoms with Crippen LogP contribution < -0.4 is 0 Å². The summed E-state index contributed by atoms with van der Waals surface area (Å²) in [6, 6.07) is 34.0. The minimum absolute atomic E-state index is 1.02. The maximum Gasteiger partial charge on any atom is 0.153 e. The molecule has 0 atom stereocenters. The van der Waals surface area contributed by atoms with E-state index in [0.717, 1.165) is 10.2 Å². The number of hydrogen-bond donors (Lipinski definition) is 0. The van der Waals surface area contributed by atoms with E-state index < -0.39 is 0 Å². The van der Waals surface area contributed by atoms with E-state index in [1.165, 1.54) is 33.4 Å². The molecule has 0 aliphatic carbocycles. The third kappa shape index (κ3) is 2.84. The van der Waals surface area contributed by atoms with Gasteiger partial charge in [0.2, 0.25) is 0 Å². The van der Waals surface area contributed by atoms with E-state index in [9.17, 15) is 0 Å². The van der Waals surface area contributed by atoms with Crippen LogP contribution in [0.5, 0.6) is 0 Å². The lowest BCUT2D eigenvalue weighted by molar-refractivity contribution is 1.47. The molecule has 0 bridgehead atoms. The van der Waals surface area contributed by atoms with Gasteiger partial charge in [-0.2, -0.15) is 0 Å². The fraction of sp³-hybridized carbons (Fsp3) is 0. The predicted octanol–water partition coefficient (Wildman–Crippen LogP) is 7.10. The molecular formula is C25H16NS. The van der Waals surface area contributed by atoms with E-state index in [2.05, 4.69) is 108 Å². The predicted molar refractivity (Wildman–Crippen MR) is 115 cm³/mol. The van der Waals surface area contributed by atoms with Gasteiger partial charge in [-0.05, 0) is 33.9 Å². The second-order valence-electron chi connectivity index (χ2n) is 6.42. The van der Waals surface area contributed by atoms with E-state index >= 15 is 0 Å². The van der Waals surface area contributed by atoms with Crippen molar-refractivity contribution in [1.82, 2.24) is 4.98 Å². The molecule has 4 aromatic carbocycles. The fourth-order valence-electron chi connectivity index (χ4n) is 3.59. The van der Waals surface area contributed by atoms with Crippen molar-refractivity contribution in [2.45, 2.75) is 0 Å². The Kier molecular flexibility index (Phi) is 4.04. The smallest absolute Gasteiger partial charge is 0.153 e. The molecule has 5 aromatic rings. The molecule has 1 radical (unpaired) electrons. The number of fused-ring (bicyclic) bond motifs is 1. The first-order valence-electron chi connectivity index (χ1n) is 8.91. The van der Waals surface area contributed by atoms with Gasteiger partial charge in [-0.1, -0.05) is 91.0 Å². The molecule has 27 heavy (non-hydrogen) atoms. The number of benzene rings is 4. The SMILES string of the molecule is [c]1nc2c(-c3ccccc3)c(-c3ccccc3)c(-c3ccccc3)cc2s1. The second-order valence-corrected chi connectivity index (χ2v) is 7.25. The Morgan fingerprint density at radius 2 is 1.11 bits per heavy atom. The van der Waals surface area contributed by atoms with Crippen molar-refractivity contribution in [1.29, 1.82) is 0 Å². The lowest BCUT2D eigenvalue weighted by atomic mass is 9.87. The van der Waals surface area contributed by atoms with Gasteiger partial charge in [0.05, 0.1) is 10.2 Å². The van der Waals surface area contributed by atoms with Gasteiger partial charge >= 0.3 is 0 Å². The lowest BCUT2D eigenvalue weighted by Gasteiger charge is -2.17. The summed E-state index contributed by atoms with van der Waals surface area (Å²) >= 11 is 1.57. The molecule has 0 aliphatic rings. The summed E-state index contributed by atoms with van der Waals surface area (Å²) in [5, 5.41) is 0. The van der Waals surface area contributed by atoms with Crippen LogP contribution >= 0.6 is 11.3 Å². The Labute approximate surface area is 162 Å². The molecule has 1 nitrogen and oxygen atoms in total. The average molecular weight is 362 g/mol. The van der Waals surface area contributed by atoms with Gasteiger partial charge in [0.1, 0.15) is 0 Å². The van der Waals surface area contributed by atoms with Crippen molar-refractivity contribution in [3.8, 4) is 33.4 Å². The van der Waals surface area contributed by atoms with Crippen molar-refractivity contribution in [2.75, 3.05) is 0 Å². The highest BCUT2D eigenvalue weighted by Gasteiger charge is 2.19. The number of thiazole rings is 1. The minimum atomic E-state index is 1.02. The zero-order valence-corrected chi connectivity index (χ0v) is 15.4. The molecule has 0 spiro atoms. The summed E-state index contributed by atoms with van der Waals surface area (Å²) < 4.78 is 1.16. The zero-order chi connectivity index (χ0) is 18.1. The fourth-order valence-corrected chi connectivity index (χ4v) is 4.25. The Bertz CT molecular complexity index is 1190. The molecule has 127 valence electrons. The van der Waals surface area contributed by atoms with Gasteiger partial charge in [0.25, 0.3) is 0 Å². The first-order valence-corrected chi connectivity index (χ1v) is 9.73. The first kappa shape index (κ1) is 16.0. The van der Waals surface area contributed by atoms with Crippen LogP contribution in [-0.2, 0) is 0 Å². The van der Waals surface area contributed by atoms with E-state index in [1.807, 2.05) is 0 Å². The molecule has 5 rings (SSSR count). The van der Waals surface area contributed by atoms with Crippen LogP contribution in [0.3, 0.4) is 0 Å². The van der Waals surface area contributed by atoms with Crippen LogP contribution in [0.25, 0.3) is 43.6 Å². The third-order valence-corrected chi connectivity index (χ3v) is 5.50. The highest BCUT2D eigenvalue weighted by Crippen LogP contribution is 2.44. The largest absolute Gasteiger partial charge is 0.233 e. The Morgan fingerprint density at radius 1 is 0.593 bits per heavy atom. The highest BCUT2D eigenvalue weighted by molar-refractivity contribution is 7.16. The lowest BCUT2D eigenvalue weighted by Crippen LogP contribution is -1.92. The number of hydrogen-bond acceptors (Lipinski definition) is 2. The van der Waals surface area contributed by atoms with Gasteiger partial charge in [0, 0.05) is 5.56 Å². The van der Waals surface area contributed by atoms with E-state index in [0.29, 0.717) is 0 Å². The summed E-state index contributed by atoms with van der Waals surface area (Å²) in [6.45, 7) is 0. The third-order valence-electron chi connectivity index (χ3n) is 4.79. The quantitative estimate of drug-likeness (QED) is 0.334. The first-order chi connectivity index (χ1) is 13.4. The van der Waals surface area contributed by atoms with Crippen LogP contribution in [0, 0.1) is 5.51 Å². The molecular weight excluding hydrogens is 346 g/mol. The van der Waals surface area contributed by atoms with E-state index in [1.54, 1.807) is 11.3 Å². The van der Waals surface area contributed by atoms with Crippen LogP contribution in [0.15, 0.2) is 97.1 Å². The summed E-state index contributed by atoms with van der Waals surface area (Å²) in [6.07, 6.45) is 0. The molecule has 1 aromatic heterocycles. The summed E-state index contributed by atoms with van der Waals surface area (Å²) in [5.74, 6) is 0. The van der Waals surface area contributed by atoms with Crippen LogP contribution in [0.4, 0.5) is 0 Å². The number of aromatic nitrogens is 1. The molecule has 2 heteroatoms. The van der Waals surface area contributed by atoms with Crippen molar-refractivity contribution >= 4 is 21.6 Å². The van der Waals surface area contributed by atoms with Crippen molar-refractivity contribution in [2.24, 2.45) is 0 Å². The molecule has 0 N–H and O–H groups in total. The van der Waals surface area contributed by atoms with Gasteiger partial charge < -0.3 is 0 Å². The van der Waals surface area contributed by atoms with Crippen LogP contribution in [0.1, 0.15) is 0 Å². The molecule has 0 fully saturated rings. The minimum Gasteiger partial charge on any atom is -0.233 e. The maximum atomic E-state index is 4.61. The number of nitrogens with zero attached hydrogens (tertiary/aromatic N) is 1. The maximum absolute atomic E-state index is 4.61. The molecule has 0 amide bonds. The standard InChI is InChI=1S/C25H16NS/c1-4-10-18(11-5-1)21-16-22-25(26-17-27-22)24(20-14-8-3-9-15-20)23(21)19-12-6-2-7-13-19/h1-16H. The topological polar surface area (TPSA) is 12.9 Å². The second kappa shape index (κ2) is 6.82. The molecule has 1 heterocycles. The van der Waals surface area contributed by atoms with Crippen LogP contribution in [0.2, 0.25) is 0 Å². The molecule has 0 unspecified atom stereocenters. The van der Waals surface area contributed by atoms with Gasteiger partial charge in [0.15, 0.2) is 5.51 Å². The Morgan fingerprint density at radius 3 is 1.70 bits per heavy atom. The highest BCUT2D eigenvalue weighted by atomic mass is 32.1. The molecule has 0 saturated carbocycles. The monoisotopic (exact) mass is 362 g/mol. The average Bonchev–Trinajstić information content (AvgIpc) is 3.23. The van der Waals surface area contributed by atoms with Crippen molar-refractivity contribution in [3.05, 3.63) is 103 Å². The Balaban J connectivity index is 1.95. The normalized spacial score (nSPS) is 11.0. The van der Waals surface area contributed by atoms with Crippen molar-refractivity contribution in [3.63, 3.8) is 0 Å². The van der Waals surface area contributed by atoms with Crippen molar-refractivity contribution < 1.29 is 0 Å². The summed E-state index contributed by atoms with van der Waals surface area (Å²) in [5.41, 5.74) is 11.3. The number of rotatable bonds is 3. The van der Waals surface area contributed by atoms with Gasteiger partial charge in [-0.15, -0.1) is 11.3 Å².